The molecule has 0 saturated heterocycles. The van der Waals surface area contributed by atoms with Crippen LogP contribution in [0.2, 0.25) is 5.15 Å². The van der Waals surface area contributed by atoms with E-state index < -0.39 is 12.0 Å². The van der Waals surface area contributed by atoms with E-state index in [0.717, 1.165) is 0 Å². The van der Waals surface area contributed by atoms with Crippen LogP contribution in [-0.2, 0) is 6.18 Å². The molecule has 0 radical (unpaired) electrons. The van der Waals surface area contributed by atoms with Crippen molar-refractivity contribution in [2.24, 2.45) is 0 Å². The molecule has 0 N–H and O–H groups in total. The van der Waals surface area contributed by atoms with Crippen molar-refractivity contribution in [2.75, 3.05) is 0 Å². The molecule has 0 aliphatic carbocycles. The van der Waals surface area contributed by atoms with Gasteiger partial charge in [0, 0.05) is 0 Å². The van der Waals surface area contributed by atoms with Gasteiger partial charge in [0.05, 0.1) is 10.2 Å². The fourth-order valence-corrected chi connectivity index (χ4v) is 1.05. The summed E-state index contributed by atoms with van der Waals surface area (Å²) in [4.78, 5) is 6.32. The Morgan fingerprint density at radius 2 is 1.85 bits per heavy atom. The summed E-state index contributed by atoms with van der Waals surface area (Å²) in [6.07, 6.45) is -4.56. The molecule has 1 heterocycles. The molecule has 0 aliphatic heterocycles. The predicted molar refractivity (Wildman–Crippen MR) is 44.5 cm³/mol. The van der Waals surface area contributed by atoms with Crippen molar-refractivity contribution in [3.05, 3.63) is 21.1 Å². The van der Waals surface area contributed by atoms with Gasteiger partial charge in [0.2, 0.25) is 5.82 Å². The molecule has 0 spiro atoms. The third kappa shape index (κ3) is 2.31. The molecule has 0 aromatic carbocycles. The van der Waals surface area contributed by atoms with E-state index in [1.54, 1.807) is 0 Å². The zero-order valence-electron chi connectivity index (χ0n) is 6.28. The number of aryl methyl sites for hydroxylation is 1. The van der Waals surface area contributed by atoms with Crippen molar-refractivity contribution in [2.45, 2.75) is 13.1 Å². The number of halogens is 5. The van der Waals surface area contributed by atoms with Crippen molar-refractivity contribution in [1.82, 2.24) is 9.97 Å². The normalized spacial score (nSPS) is 11.8. The van der Waals surface area contributed by atoms with Crippen LogP contribution in [0.15, 0.2) is 4.47 Å². The highest BCUT2D eigenvalue weighted by Crippen LogP contribution is 2.30. The smallest absolute Gasteiger partial charge is 0.228 e. The molecular weight excluding hydrogens is 272 g/mol. The molecule has 0 amide bonds. The molecule has 7 heteroatoms. The maximum Gasteiger partial charge on any atom is 0.451 e. The maximum absolute atomic E-state index is 12.1. The van der Waals surface area contributed by atoms with Gasteiger partial charge in [0.25, 0.3) is 0 Å². The maximum atomic E-state index is 12.1. The minimum atomic E-state index is -4.56. The number of aromatic nitrogens is 2. The van der Waals surface area contributed by atoms with Gasteiger partial charge in [0.15, 0.2) is 0 Å². The SMILES string of the molecule is Cc1nc(C(F)(F)F)nc(Cl)c1Br. The van der Waals surface area contributed by atoms with Crippen molar-refractivity contribution >= 4 is 27.5 Å². The average molecular weight is 275 g/mol. The second kappa shape index (κ2) is 3.42. The van der Waals surface area contributed by atoms with E-state index >= 15 is 0 Å². The first-order valence-electron chi connectivity index (χ1n) is 3.09. The van der Waals surface area contributed by atoms with E-state index in [4.69, 9.17) is 11.6 Å². The lowest BCUT2D eigenvalue weighted by Crippen LogP contribution is -2.12. The van der Waals surface area contributed by atoms with Gasteiger partial charge in [-0.3, -0.25) is 0 Å². The monoisotopic (exact) mass is 274 g/mol. The molecule has 0 atom stereocenters. The van der Waals surface area contributed by atoms with Gasteiger partial charge in [-0.15, -0.1) is 0 Å². The topological polar surface area (TPSA) is 25.8 Å². The molecule has 0 unspecified atom stereocenters. The first-order chi connectivity index (χ1) is 5.82. The first kappa shape index (κ1) is 10.7. The van der Waals surface area contributed by atoms with Crippen molar-refractivity contribution in [1.29, 1.82) is 0 Å². The van der Waals surface area contributed by atoms with Crippen LogP contribution in [0.5, 0.6) is 0 Å². The molecule has 1 aromatic heterocycles. The van der Waals surface area contributed by atoms with Crippen LogP contribution >= 0.6 is 27.5 Å². The third-order valence-corrected chi connectivity index (χ3v) is 2.68. The fraction of sp³-hybridized carbons (Fsp3) is 0.333. The molecular formula is C6H3BrClF3N2. The Labute approximate surface area is 85.3 Å². The summed E-state index contributed by atoms with van der Waals surface area (Å²) in [5.74, 6) is -1.22. The number of alkyl halides is 3. The van der Waals surface area contributed by atoms with Gasteiger partial charge in [-0.1, -0.05) is 11.6 Å². The zero-order chi connectivity index (χ0) is 10.2. The van der Waals surface area contributed by atoms with E-state index in [-0.39, 0.29) is 15.3 Å². The van der Waals surface area contributed by atoms with Gasteiger partial charge >= 0.3 is 6.18 Å². The summed E-state index contributed by atoms with van der Waals surface area (Å²) in [7, 11) is 0. The van der Waals surface area contributed by atoms with Crippen LogP contribution in [0.1, 0.15) is 11.5 Å². The Kier molecular flexibility index (Phi) is 2.82. The van der Waals surface area contributed by atoms with Crippen LogP contribution in [0.3, 0.4) is 0 Å². The van der Waals surface area contributed by atoms with E-state index in [0.29, 0.717) is 0 Å². The Hall–Kier alpha value is -0.360. The van der Waals surface area contributed by atoms with Crippen molar-refractivity contribution in [3.63, 3.8) is 0 Å². The highest BCUT2D eigenvalue weighted by atomic mass is 79.9. The zero-order valence-corrected chi connectivity index (χ0v) is 8.63. The summed E-state index contributed by atoms with van der Waals surface area (Å²) in [5.41, 5.74) is 0.160. The molecule has 0 bridgehead atoms. The number of nitrogens with zero attached hydrogens (tertiary/aromatic N) is 2. The summed E-state index contributed by atoms with van der Waals surface area (Å²) in [5, 5.41) is -0.236. The van der Waals surface area contributed by atoms with Crippen molar-refractivity contribution < 1.29 is 13.2 Å². The van der Waals surface area contributed by atoms with Crippen LogP contribution in [0.25, 0.3) is 0 Å². The summed E-state index contributed by atoms with van der Waals surface area (Å²) in [6, 6.07) is 0. The van der Waals surface area contributed by atoms with Gasteiger partial charge < -0.3 is 0 Å². The summed E-state index contributed by atoms with van der Waals surface area (Å²) < 4.78 is 36.5. The lowest BCUT2D eigenvalue weighted by molar-refractivity contribution is -0.145. The second-order valence-corrected chi connectivity index (χ2v) is 3.39. The average Bonchev–Trinajstić information content (AvgIpc) is 1.97. The lowest BCUT2D eigenvalue weighted by atomic mass is 10.4. The van der Waals surface area contributed by atoms with Crippen LogP contribution in [0.4, 0.5) is 13.2 Å². The minimum Gasteiger partial charge on any atom is -0.228 e. The molecule has 0 aliphatic rings. The molecule has 0 saturated carbocycles. The van der Waals surface area contributed by atoms with Crippen LogP contribution in [0, 0.1) is 6.92 Å². The van der Waals surface area contributed by atoms with Crippen LogP contribution < -0.4 is 0 Å². The van der Waals surface area contributed by atoms with Crippen LogP contribution in [-0.4, -0.2) is 9.97 Å². The number of hydrogen-bond acceptors (Lipinski definition) is 2. The Morgan fingerprint density at radius 3 is 2.23 bits per heavy atom. The van der Waals surface area contributed by atoms with Gasteiger partial charge in [-0.05, 0) is 22.9 Å². The highest BCUT2D eigenvalue weighted by Gasteiger charge is 2.35. The van der Waals surface area contributed by atoms with Gasteiger partial charge in [-0.2, -0.15) is 13.2 Å². The summed E-state index contributed by atoms with van der Waals surface area (Å²) in [6.45, 7) is 1.41. The first-order valence-corrected chi connectivity index (χ1v) is 4.26. The molecule has 13 heavy (non-hydrogen) atoms. The minimum absolute atomic E-state index is 0.160. The van der Waals surface area contributed by atoms with E-state index in [1.807, 2.05) is 0 Å². The lowest BCUT2D eigenvalue weighted by Gasteiger charge is -2.07. The Morgan fingerprint density at radius 1 is 1.31 bits per heavy atom. The standard InChI is InChI=1S/C6H3BrClF3N2/c1-2-3(7)4(8)13-5(12-2)6(9,10)11/h1H3. The summed E-state index contributed by atoms with van der Waals surface area (Å²) >= 11 is 8.38. The molecule has 0 fully saturated rings. The third-order valence-electron chi connectivity index (χ3n) is 1.23. The predicted octanol–water partition coefficient (Wildman–Crippen LogP) is 3.22. The molecule has 1 rings (SSSR count). The quantitative estimate of drug-likeness (QED) is 0.679. The number of hydrogen-bond donors (Lipinski definition) is 0. The largest absolute Gasteiger partial charge is 0.451 e. The Balaban J connectivity index is 3.29. The van der Waals surface area contributed by atoms with Gasteiger partial charge in [-0.25, -0.2) is 9.97 Å². The molecule has 2 nitrogen and oxygen atoms in total. The van der Waals surface area contributed by atoms with E-state index in [9.17, 15) is 13.2 Å². The van der Waals surface area contributed by atoms with Crippen molar-refractivity contribution in [3.8, 4) is 0 Å². The molecule has 1 aromatic rings. The van der Waals surface area contributed by atoms with E-state index in [1.165, 1.54) is 6.92 Å². The number of rotatable bonds is 0. The Bertz CT molecular complexity index is 316. The second-order valence-electron chi connectivity index (χ2n) is 2.24. The van der Waals surface area contributed by atoms with E-state index in [2.05, 4.69) is 25.9 Å². The molecule has 72 valence electrons. The van der Waals surface area contributed by atoms with Gasteiger partial charge in [0.1, 0.15) is 5.15 Å². The fourth-order valence-electron chi connectivity index (χ4n) is 0.651. The highest BCUT2D eigenvalue weighted by molar-refractivity contribution is 9.10.